The summed E-state index contributed by atoms with van der Waals surface area (Å²) in [5.41, 5.74) is 6.68. The molecule has 0 aliphatic heterocycles. The smallest absolute Gasteiger partial charge is 0.223 e. The van der Waals surface area contributed by atoms with E-state index in [2.05, 4.69) is 27.4 Å². The van der Waals surface area contributed by atoms with Crippen LogP contribution in [0.2, 0.25) is 0 Å². The Morgan fingerprint density at radius 1 is 1.17 bits per heavy atom. The molecule has 1 aromatic carbocycles. The first-order valence-corrected chi connectivity index (χ1v) is 6.81. The number of anilines is 1. The van der Waals surface area contributed by atoms with Crippen LogP contribution in [0, 0.1) is 0 Å². The zero-order valence-electron chi connectivity index (χ0n) is 10.0. The van der Waals surface area contributed by atoms with Gasteiger partial charge in [0.15, 0.2) is 0 Å². The van der Waals surface area contributed by atoms with Crippen LogP contribution >= 0.6 is 11.8 Å². The van der Waals surface area contributed by atoms with E-state index >= 15 is 0 Å². The maximum atomic E-state index is 5.47. The number of aromatic nitrogens is 2. The molecule has 0 unspecified atom stereocenters. The third-order valence-corrected chi connectivity index (χ3v) is 3.25. The minimum atomic E-state index is 0.654. The molecule has 0 bridgehead atoms. The van der Waals surface area contributed by atoms with Crippen molar-refractivity contribution in [1.82, 2.24) is 9.97 Å². The fourth-order valence-electron chi connectivity index (χ4n) is 1.45. The monoisotopic (exact) mass is 260 g/mol. The van der Waals surface area contributed by atoms with Gasteiger partial charge < -0.3 is 11.1 Å². The molecule has 1 aromatic heterocycles. The van der Waals surface area contributed by atoms with E-state index in [1.807, 2.05) is 24.3 Å². The van der Waals surface area contributed by atoms with Crippen LogP contribution < -0.4 is 11.1 Å². The van der Waals surface area contributed by atoms with E-state index in [4.69, 9.17) is 5.73 Å². The molecule has 0 saturated heterocycles. The van der Waals surface area contributed by atoms with Gasteiger partial charge in [-0.2, -0.15) is 0 Å². The number of nitrogens with two attached hydrogens (primary N) is 1. The highest BCUT2D eigenvalue weighted by Gasteiger charge is 1.99. The summed E-state index contributed by atoms with van der Waals surface area (Å²) in [7, 11) is 0. The molecule has 0 atom stereocenters. The Balaban J connectivity index is 1.93. The van der Waals surface area contributed by atoms with Crippen molar-refractivity contribution >= 4 is 17.7 Å². The van der Waals surface area contributed by atoms with E-state index in [-0.39, 0.29) is 0 Å². The highest BCUT2D eigenvalue weighted by atomic mass is 32.2. The van der Waals surface area contributed by atoms with Crippen molar-refractivity contribution in [2.75, 3.05) is 17.6 Å². The van der Waals surface area contributed by atoms with Gasteiger partial charge in [-0.3, -0.25) is 0 Å². The van der Waals surface area contributed by atoms with Gasteiger partial charge in [0.2, 0.25) is 5.95 Å². The van der Waals surface area contributed by atoms with Crippen molar-refractivity contribution in [3.05, 3.63) is 48.2 Å². The van der Waals surface area contributed by atoms with Crippen molar-refractivity contribution in [2.24, 2.45) is 5.73 Å². The van der Waals surface area contributed by atoms with Crippen molar-refractivity contribution in [3.8, 4) is 0 Å². The largest absolute Gasteiger partial charge is 0.350 e. The topological polar surface area (TPSA) is 63.8 Å². The van der Waals surface area contributed by atoms with Gasteiger partial charge >= 0.3 is 0 Å². The lowest BCUT2D eigenvalue weighted by atomic mass is 10.2. The maximum absolute atomic E-state index is 5.47. The van der Waals surface area contributed by atoms with Crippen LogP contribution in [0.25, 0.3) is 0 Å². The summed E-state index contributed by atoms with van der Waals surface area (Å²) >= 11 is 1.64. The Morgan fingerprint density at radius 3 is 2.78 bits per heavy atom. The van der Waals surface area contributed by atoms with Gasteiger partial charge in [0, 0.05) is 25.0 Å². The summed E-state index contributed by atoms with van der Waals surface area (Å²) in [4.78, 5) is 8.61. The number of hydrogen-bond acceptors (Lipinski definition) is 5. The van der Waals surface area contributed by atoms with Crippen molar-refractivity contribution in [3.63, 3.8) is 0 Å². The molecule has 0 spiro atoms. The molecule has 4 nitrogen and oxygen atoms in total. The average molecular weight is 260 g/mol. The molecule has 1 heterocycles. The van der Waals surface area contributed by atoms with E-state index in [0.717, 1.165) is 17.3 Å². The van der Waals surface area contributed by atoms with Gasteiger partial charge in [0.1, 0.15) is 5.03 Å². The Bertz CT molecular complexity index is 475. The van der Waals surface area contributed by atoms with Crippen molar-refractivity contribution in [2.45, 2.75) is 11.6 Å². The van der Waals surface area contributed by atoms with E-state index in [9.17, 15) is 0 Å². The van der Waals surface area contributed by atoms with Crippen LogP contribution in [-0.4, -0.2) is 22.3 Å². The van der Waals surface area contributed by atoms with E-state index < -0.39 is 0 Å². The standard InChI is InChI=1S/C13H16N4S/c14-7-9-18-12-6-8-15-13(17-12)16-10-11-4-2-1-3-5-11/h1-6,8H,7,9-10,14H2,(H,15,16,17). The minimum absolute atomic E-state index is 0.654. The Kier molecular flexibility index (Phi) is 4.99. The molecule has 0 aliphatic carbocycles. The molecule has 0 fully saturated rings. The van der Waals surface area contributed by atoms with Gasteiger partial charge in [-0.1, -0.05) is 30.3 Å². The van der Waals surface area contributed by atoms with Crippen LogP contribution in [0.3, 0.4) is 0 Å². The third kappa shape index (κ3) is 4.01. The number of hydrogen-bond donors (Lipinski definition) is 2. The van der Waals surface area contributed by atoms with Crippen LogP contribution in [-0.2, 0) is 6.54 Å². The molecule has 5 heteroatoms. The Labute approximate surface area is 111 Å². The molecule has 94 valence electrons. The van der Waals surface area contributed by atoms with Crippen LogP contribution in [0.15, 0.2) is 47.6 Å². The predicted octanol–water partition coefficient (Wildman–Crippen LogP) is 2.14. The zero-order valence-corrected chi connectivity index (χ0v) is 10.9. The molecular formula is C13H16N4S. The predicted molar refractivity (Wildman–Crippen MR) is 75.6 cm³/mol. The highest BCUT2D eigenvalue weighted by Crippen LogP contribution is 2.15. The molecule has 0 saturated carbocycles. The summed E-state index contributed by atoms with van der Waals surface area (Å²) in [6, 6.07) is 12.1. The minimum Gasteiger partial charge on any atom is -0.350 e. The summed E-state index contributed by atoms with van der Waals surface area (Å²) in [5.74, 6) is 1.52. The number of rotatable bonds is 6. The van der Waals surface area contributed by atoms with E-state index in [0.29, 0.717) is 12.5 Å². The fourth-order valence-corrected chi connectivity index (χ4v) is 2.08. The molecule has 18 heavy (non-hydrogen) atoms. The molecule has 0 radical (unpaired) electrons. The first-order valence-electron chi connectivity index (χ1n) is 5.82. The second-order valence-corrected chi connectivity index (χ2v) is 4.81. The van der Waals surface area contributed by atoms with E-state index in [1.54, 1.807) is 18.0 Å². The van der Waals surface area contributed by atoms with Gasteiger partial charge in [-0.25, -0.2) is 9.97 Å². The lowest BCUT2D eigenvalue weighted by Crippen LogP contribution is -2.05. The van der Waals surface area contributed by atoms with Crippen molar-refractivity contribution in [1.29, 1.82) is 0 Å². The lowest BCUT2D eigenvalue weighted by molar-refractivity contribution is 0.996. The Morgan fingerprint density at radius 2 is 2.00 bits per heavy atom. The van der Waals surface area contributed by atoms with Gasteiger partial charge in [-0.05, 0) is 11.6 Å². The summed E-state index contributed by atoms with van der Waals surface area (Å²) in [6.07, 6.45) is 1.76. The summed E-state index contributed by atoms with van der Waals surface area (Å²) < 4.78 is 0. The molecule has 2 aromatic rings. The summed E-state index contributed by atoms with van der Waals surface area (Å²) in [6.45, 7) is 1.38. The van der Waals surface area contributed by atoms with Crippen LogP contribution in [0.5, 0.6) is 0 Å². The van der Waals surface area contributed by atoms with Crippen LogP contribution in [0.4, 0.5) is 5.95 Å². The van der Waals surface area contributed by atoms with Gasteiger partial charge in [0.05, 0.1) is 0 Å². The number of nitrogens with one attached hydrogen (secondary N) is 1. The SMILES string of the molecule is NCCSc1ccnc(NCc2ccccc2)n1. The maximum Gasteiger partial charge on any atom is 0.223 e. The second-order valence-electron chi connectivity index (χ2n) is 3.69. The number of thioether (sulfide) groups is 1. The van der Waals surface area contributed by atoms with Crippen molar-refractivity contribution < 1.29 is 0 Å². The number of benzene rings is 1. The quantitative estimate of drug-likeness (QED) is 0.615. The number of nitrogens with zero attached hydrogens (tertiary/aromatic N) is 2. The zero-order chi connectivity index (χ0) is 12.6. The molecule has 0 aliphatic rings. The first kappa shape index (κ1) is 12.9. The Hall–Kier alpha value is -1.59. The van der Waals surface area contributed by atoms with Gasteiger partial charge in [-0.15, -0.1) is 11.8 Å². The normalized spacial score (nSPS) is 10.3. The fraction of sp³-hybridized carbons (Fsp3) is 0.231. The third-order valence-electron chi connectivity index (χ3n) is 2.29. The van der Waals surface area contributed by atoms with Gasteiger partial charge in [0.25, 0.3) is 0 Å². The average Bonchev–Trinajstić information content (AvgIpc) is 2.44. The first-order chi connectivity index (χ1) is 8.88. The molecular weight excluding hydrogens is 244 g/mol. The molecule has 3 N–H and O–H groups in total. The molecule has 0 amide bonds. The summed E-state index contributed by atoms with van der Waals surface area (Å²) in [5, 5.41) is 4.16. The molecule has 2 rings (SSSR count). The highest BCUT2D eigenvalue weighted by molar-refractivity contribution is 7.99. The lowest BCUT2D eigenvalue weighted by Gasteiger charge is -2.06. The van der Waals surface area contributed by atoms with Crippen LogP contribution in [0.1, 0.15) is 5.56 Å². The second kappa shape index (κ2) is 6.98. The van der Waals surface area contributed by atoms with E-state index in [1.165, 1.54) is 5.56 Å².